The number of alkyl halides is 1. The third-order valence-electron chi connectivity index (χ3n) is 3.21. The maximum Gasteiger partial charge on any atom is 0.237 e. The van der Waals surface area contributed by atoms with Crippen LogP contribution >= 0.6 is 11.6 Å². The van der Waals surface area contributed by atoms with Gasteiger partial charge >= 0.3 is 0 Å². The van der Waals surface area contributed by atoms with Crippen LogP contribution in [0.2, 0.25) is 0 Å². The SMILES string of the molecule is O=C(CCl)N(Cc1ccco1)CC1CCOCC1. The average Bonchev–Trinajstić information content (AvgIpc) is 2.91. The maximum atomic E-state index is 11.8. The highest BCUT2D eigenvalue weighted by molar-refractivity contribution is 6.27. The molecular weight excluding hydrogens is 254 g/mol. The van der Waals surface area contributed by atoms with Crippen molar-refractivity contribution >= 4 is 17.5 Å². The first-order chi connectivity index (χ1) is 8.79. The van der Waals surface area contributed by atoms with Crippen molar-refractivity contribution in [1.29, 1.82) is 0 Å². The molecule has 1 aromatic rings. The Morgan fingerprint density at radius 3 is 2.83 bits per heavy atom. The van der Waals surface area contributed by atoms with Gasteiger partial charge in [0.1, 0.15) is 11.6 Å². The molecule has 0 atom stereocenters. The Balaban J connectivity index is 1.93. The normalized spacial score (nSPS) is 16.7. The molecule has 0 radical (unpaired) electrons. The molecule has 1 fully saturated rings. The second-order valence-electron chi connectivity index (χ2n) is 4.54. The number of hydrogen-bond donors (Lipinski definition) is 0. The molecule has 0 bridgehead atoms. The lowest BCUT2D eigenvalue weighted by Gasteiger charge is -2.29. The molecule has 5 heteroatoms. The lowest BCUT2D eigenvalue weighted by atomic mass is 9.99. The van der Waals surface area contributed by atoms with E-state index in [1.54, 1.807) is 11.2 Å². The zero-order valence-electron chi connectivity index (χ0n) is 10.3. The summed E-state index contributed by atoms with van der Waals surface area (Å²) in [7, 11) is 0. The molecule has 100 valence electrons. The van der Waals surface area contributed by atoms with Crippen LogP contribution in [0.4, 0.5) is 0 Å². The number of halogens is 1. The van der Waals surface area contributed by atoms with Crippen LogP contribution in [-0.4, -0.2) is 36.4 Å². The molecule has 18 heavy (non-hydrogen) atoms. The van der Waals surface area contributed by atoms with Crippen LogP contribution in [0.15, 0.2) is 22.8 Å². The Bertz CT molecular complexity index is 360. The van der Waals surface area contributed by atoms with Crippen LogP contribution in [0.1, 0.15) is 18.6 Å². The monoisotopic (exact) mass is 271 g/mol. The summed E-state index contributed by atoms with van der Waals surface area (Å²) in [6.07, 6.45) is 3.63. The van der Waals surface area contributed by atoms with Crippen molar-refractivity contribution in [1.82, 2.24) is 4.90 Å². The number of hydrogen-bond acceptors (Lipinski definition) is 3. The Kier molecular flexibility index (Phi) is 5.08. The molecular formula is C13H18ClNO3. The molecule has 0 unspecified atom stereocenters. The first-order valence-corrected chi connectivity index (χ1v) is 6.77. The zero-order chi connectivity index (χ0) is 12.8. The number of rotatable bonds is 5. The van der Waals surface area contributed by atoms with Crippen molar-refractivity contribution in [3.05, 3.63) is 24.2 Å². The first kappa shape index (κ1) is 13.4. The summed E-state index contributed by atoms with van der Waals surface area (Å²) in [5.74, 6) is 1.27. The number of carbonyl (C=O) groups is 1. The highest BCUT2D eigenvalue weighted by Crippen LogP contribution is 2.18. The number of furan rings is 1. The third-order valence-corrected chi connectivity index (χ3v) is 3.44. The summed E-state index contributed by atoms with van der Waals surface area (Å²) in [5, 5.41) is 0. The van der Waals surface area contributed by atoms with Crippen LogP contribution < -0.4 is 0 Å². The van der Waals surface area contributed by atoms with Crippen molar-refractivity contribution in [2.24, 2.45) is 5.92 Å². The number of ether oxygens (including phenoxy) is 1. The highest BCUT2D eigenvalue weighted by atomic mass is 35.5. The van der Waals surface area contributed by atoms with Crippen molar-refractivity contribution in [3.8, 4) is 0 Å². The van der Waals surface area contributed by atoms with E-state index in [0.29, 0.717) is 12.5 Å². The summed E-state index contributed by atoms with van der Waals surface area (Å²) >= 11 is 5.66. The number of carbonyl (C=O) groups excluding carboxylic acids is 1. The molecule has 0 saturated carbocycles. The van der Waals surface area contributed by atoms with E-state index in [1.807, 2.05) is 12.1 Å². The quantitative estimate of drug-likeness (QED) is 0.772. The first-order valence-electron chi connectivity index (χ1n) is 6.23. The van der Waals surface area contributed by atoms with Crippen LogP contribution in [0.25, 0.3) is 0 Å². The topological polar surface area (TPSA) is 42.7 Å². The minimum atomic E-state index is -0.0421. The molecule has 1 amide bonds. The molecule has 2 rings (SSSR count). The van der Waals surface area contributed by atoms with Gasteiger partial charge in [-0.3, -0.25) is 4.79 Å². The van der Waals surface area contributed by atoms with Gasteiger partial charge in [-0.2, -0.15) is 0 Å². The van der Waals surface area contributed by atoms with Gasteiger partial charge in [0.25, 0.3) is 0 Å². The van der Waals surface area contributed by atoms with E-state index in [1.165, 1.54) is 0 Å². The Morgan fingerprint density at radius 1 is 1.44 bits per heavy atom. The predicted octanol–water partition coefficient (Wildman–Crippen LogP) is 2.27. The fraction of sp³-hybridized carbons (Fsp3) is 0.615. The molecule has 0 spiro atoms. The van der Waals surface area contributed by atoms with Gasteiger partial charge in [-0.25, -0.2) is 0 Å². The average molecular weight is 272 g/mol. The summed E-state index contributed by atoms with van der Waals surface area (Å²) in [4.78, 5) is 13.6. The minimum absolute atomic E-state index is 0.0178. The molecule has 1 aliphatic rings. The van der Waals surface area contributed by atoms with Crippen molar-refractivity contribution in [3.63, 3.8) is 0 Å². The van der Waals surface area contributed by atoms with Crippen molar-refractivity contribution in [2.75, 3.05) is 25.6 Å². The molecule has 4 nitrogen and oxygen atoms in total. The predicted molar refractivity (Wildman–Crippen MR) is 68.4 cm³/mol. The molecule has 2 heterocycles. The maximum absolute atomic E-state index is 11.8. The highest BCUT2D eigenvalue weighted by Gasteiger charge is 2.21. The van der Waals surface area contributed by atoms with Gasteiger partial charge in [0.15, 0.2) is 0 Å². The molecule has 1 aromatic heterocycles. The van der Waals surface area contributed by atoms with Gasteiger partial charge < -0.3 is 14.1 Å². The van der Waals surface area contributed by atoms with Gasteiger partial charge in [-0.1, -0.05) is 0 Å². The summed E-state index contributed by atoms with van der Waals surface area (Å²) < 4.78 is 10.6. The van der Waals surface area contributed by atoms with Gasteiger partial charge in [0.2, 0.25) is 5.91 Å². The largest absolute Gasteiger partial charge is 0.467 e. The summed E-state index contributed by atoms with van der Waals surface area (Å²) in [5.41, 5.74) is 0. The van der Waals surface area contributed by atoms with E-state index in [2.05, 4.69) is 0 Å². The van der Waals surface area contributed by atoms with Crippen LogP contribution in [-0.2, 0) is 16.1 Å². The van der Waals surface area contributed by atoms with E-state index < -0.39 is 0 Å². The smallest absolute Gasteiger partial charge is 0.237 e. The lowest BCUT2D eigenvalue weighted by Crippen LogP contribution is -2.37. The Labute approximate surface area is 112 Å². The van der Waals surface area contributed by atoms with Gasteiger partial charge in [0.05, 0.1) is 12.8 Å². The molecule has 0 N–H and O–H groups in total. The van der Waals surface area contributed by atoms with E-state index in [4.69, 9.17) is 20.8 Å². The fourth-order valence-electron chi connectivity index (χ4n) is 2.17. The summed E-state index contributed by atoms with van der Waals surface area (Å²) in [6, 6.07) is 3.70. The Morgan fingerprint density at radius 2 is 2.22 bits per heavy atom. The molecule has 0 aliphatic carbocycles. The molecule has 0 aromatic carbocycles. The van der Waals surface area contributed by atoms with Gasteiger partial charge in [-0.05, 0) is 30.9 Å². The standard InChI is InChI=1S/C13H18ClNO3/c14-8-13(16)15(10-12-2-1-5-18-12)9-11-3-6-17-7-4-11/h1-2,5,11H,3-4,6-10H2. The van der Waals surface area contributed by atoms with Crippen LogP contribution in [0.5, 0.6) is 0 Å². The molecule has 1 saturated heterocycles. The van der Waals surface area contributed by atoms with Crippen molar-refractivity contribution < 1.29 is 13.9 Å². The second-order valence-corrected chi connectivity index (χ2v) is 4.81. The van der Waals surface area contributed by atoms with E-state index >= 15 is 0 Å². The van der Waals surface area contributed by atoms with E-state index in [9.17, 15) is 4.79 Å². The van der Waals surface area contributed by atoms with Gasteiger partial charge in [0, 0.05) is 19.8 Å². The lowest BCUT2D eigenvalue weighted by molar-refractivity contribution is -0.130. The van der Waals surface area contributed by atoms with Gasteiger partial charge in [-0.15, -0.1) is 11.6 Å². The summed E-state index contributed by atoms with van der Waals surface area (Å²) in [6.45, 7) is 2.80. The van der Waals surface area contributed by atoms with Crippen LogP contribution in [0, 0.1) is 5.92 Å². The second kappa shape index (κ2) is 6.81. The Hall–Kier alpha value is -1.00. The molecule has 1 aliphatic heterocycles. The minimum Gasteiger partial charge on any atom is -0.467 e. The van der Waals surface area contributed by atoms with Crippen molar-refractivity contribution in [2.45, 2.75) is 19.4 Å². The third kappa shape index (κ3) is 3.75. The van der Waals surface area contributed by atoms with Crippen LogP contribution in [0.3, 0.4) is 0 Å². The fourth-order valence-corrected chi connectivity index (χ4v) is 2.34. The number of nitrogens with zero attached hydrogens (tertiary/aromatic N) is 1. The van der Waals surface area contributed by atoms with E-state index in [0.717, 1.165) is 38.4 Å². The number of amides is 1. The zero-order valence-corrected chi connectivity index (χ0v) is 11.1. The van der Waals surface area contributed by atoms with E-state index in [-0.39, 0.29) is 11.8 Å².